The summed E-state index contributed by atoms with van der Waals surface area (Å²) in [6.45, 7) is 6.10. The highest BCUT2D eigenvalue weighted by molar-refractivity contribution is 5.91. The Kier molecular flexibility index (Phi) is 5.00. The molecular formula is C14H20F2N2O. The minimum Gasteiger partial charge on any atom is -0.327 e. The van der Waals surface area contributed by atoms with E-state index in [2.05, 4.69) is 5.32 Å². The van der Waals surface area contributed by atoms with Crippen LogP contribution in [-0.2, 0) is 4.79 Å². The molecule has 1 amide bonds. The molecule has 0 radical (unpaired) electrons. The van der Waals surface area contributed by atoms with Gasteiger partial charge >= 0.3 is 0 Å². The van der Waals surface area contributed by atoms with Crippen LogP contribution < -0.4 is 11.1 Å². The van der Waals surface area contributed by atoms with Gasteiger partial charge in [0, 0.05) is 24.2 Å². The van der Waals surface area contributed by atoms with Crippen molar-refractivity contribution >= 4 is 11.6 Å². The average molecular weight is 270 g/mol. The molecule has 19 heavy (non-hydrogen) atoms. The van der Waals surface area contributed by atoms with Gasteiger partial charge in [0.05, 0.1) is 0 Å². The molecule has 0 aliphatic heterocycles. The summed E-state index contributed by atoms with van der Waals surface area (Å²) < 4.78 is 25.9. The summed E-state index contributed by atoms with van der Waals surface area (Å²) in [5.74, 6) is -1.80. The predicted octanol–water partition coefficient (Wildman–Crippen LogP) is 3.06. The van der Waals surface area contributed by atoms with E-state index in [4.69, 9.17) is 5.73 Å². The van der Waals surface area contributed by atoms with E-state index in [1.807, 2.05) is 20.8 Å². The Labute approximate surface area is 112 Å². The molecule has 0 saturated heterocycles. The molecule has 0 aliphatic rings. The second-order valence-electron chi connectivity index (χ2n) is 5.94. The zero-order chi connectivity index (χ0) is 14.6. The molecule has 0 aliphatic carbocycles. The molecule has 0 spiro atoms. The summed E-state index contributed by atoms with van der Waals surface area (Å²) in [6.07, 6.45) is 0.813. The Hall–Kier alpha value is -1.49. The number of rotatable bonds is 4. The molecule has 1 aromatic carbocycles. The van der Waals surface area contributed by atoms with Crippen molar-refractivity contribution in [1.82, 2.24) is 0 Å². The molecule has 1 rings (SSSR count). The number of carbonyl (C=O) groups is 1. The van der Waals surface area contributed by atoms with Gasteiger partial charge in [0.1, 0.15) is 11.6 Å². The normalized spacial score (nSPS) is 13.2. The zero-order valence-corrected chi connectivity index (χ0v) is 11.5. The van der Waals surface area contributed by atoms with E-state index in [0.29, 0.717) is 6.42 Å². The van der Waals surface area contributed by atoms with E-state index < -0.39 is 11.6 Å². The van der Waals surface area contributed by atoms with Crippen molar-refractivity contribution in [1.29, 1.82) is 0 Å². The third-order valence-electron chi connectivity index (χ3n) is 2.47. The highest BCUT2D eigenvalue weighted by Gasteiger charge is 2.18. The van der Waals surface area contributed by atoms with Crippen LogP contribution in [0.2, 0.25) is 0 Å². The first-order valence-electron chi connectivity index (χ1n) is 6.17. The van der Waals surface area contributed by atoms with Crippen LogP contribution in [0.25, 0.3) is 0 Å². The van der Waals surface area contributed by atoms with Gasteiger partial charge in [0.15, 0.2) is 0 Å². The van der Waals surface area contributed by atoms with Crippen molar-refractivity contribution in [2.24, 2.45) is 11.1 Å². The molecule has 106 valence electrons. The largest absolute Gasteiger partial charge is 0.327 e. The van der Waals surface area contributed by atoms with Crippen LogP contribution in [-0.4, -0.2) is 11.9 Å². The van der Waals surface area contributed by atoms with Crippen LogP contribution in [0, 0.1) is 17.0 Å². The van der Waals surface area contributed by atoms with Gasteiger partial charge < -0.3 is 11.1 Å². The number of hydrogen-bond acceptors (Lipinski definition) is 2. The molecule has 3 nitrogen and oxygen atoms in total. The third kappa shape index (κ3) is 6.29. The van der Waals surface area contributed by atoms with Gasteiger partial charge in [0.2, 0.25) is 5.91 Å². The van der Waals surface area contributed by atoms with Crippen molar-refractivity contribution in [3.8, 4) is 0 Å². The quantitative estimate of drug-likeness (QED) is 0.883. The van der Waals surface area contributed by atoms with E-state index in [1.54, 1.807) is 0 Å². The van der Waals surface area contributed by atoms with Gasteiger partial charge in [-0.25, -0.2) is 8.78 Å². The van der Waals surface area contributed by atoms with E-state index in [0.717, 1.165) is 18.2 Å². The standard InChI is InChI=1S/C14H20F2N2O/c1-14(2,3)8-11(17)7-13(19)18-12-5-9(15)4-10(16)6-12/h4-6,11H,7-8,17H2,1-3H3,(H,18,19). The lowest BCUT2D eigenvalue weighted by Gasteiger charge is -2.22. The topological polar surface area (TPSA) is 55.1 Å². The summed E-state index contributed by atoms with van der Waals surface area (Å²) in [6, 6.07) is 2.60. The number of halogens is 2. The molecule has 1 aromatic rings. The van der Waals surface area contributed by atoms with Crippen molar-refractivity contribution in [2.45, 2.75) is 39.7 Å². The molecule has 1 atom stereocenters. The van der Waals surface area contributed by atoms with Crippen molar-refractivity contribution in [3.05, 3.63) is 29.8 Å². The second kappa shape index (κ2) is 6.10. The van der Waals surface area contributed by atoms with E-state index in [-0.39, 0.29) is 29.5 Å². The van der Waals surface area contributed by atoms with E-state index in [1.165, 1.54) is 0 Å². The Morgan fingerprint density at radius 2 is 1.79 bits per heavy atom. The second-order valence-corrected chi connectivity index (χ2v) is 5.94. The molecule has 1 unspecified atom stereocenters. The summed E-state index contributed by atoms with van der Waals surface area (Å²) >= 11 is 0. The number of anilines is 1. The molecular weight excluding hydrogens is 250 g/mol. The molecule has 0 fully saturated rings. The number of hydrogen-bond donors (Lipinski definition) is 2. The lowest BCUT2D eigenvalue weighted by atomic mass is 9.87. The van der Waals surface area contributed by atoms with Gasteiger partial charge in [-0.3, -0.25) is 4.79 Å². The van der Waals surface area contributed by atoms with E-state index >= 15 is 0 Å². The van der Waals surface area contributed by atoms with Gasteiger partial charge in [-0.15, -0.1) is 0 Å². The molecule has 0 saturated carbocycles. The first-order valence-corrected chi connectivity index (χ1v) is 6.17. The highest BCUT2D eigenvalue weighted by Crippen LogP contribution is 2.21. The van der Waals surface area contributed by atoms with Crippen molar-refractivity contribution < 1.29 is 13.6 Å². The predicted molar refractivity (Wildman–Crippen MR) is 71.7 cm³/mol. The summed E-state index contributed by atoms with van der Waals surface area (Å²) in [5, 5.41) is 2.44. The number of carbonyl (C=O) groups excluding carboxylic acids is 1. The maximum Gasteiger partial charge on any atom is 0.225 e. The number of nitrogens with two attached hydrogens (primary N) is 1. The first kappa shape index (κ1) is 15.6. The van der Waals surface area contributed by atoms with Crippen LogP contribution in [0.1, 0.15) is 33.6 Å². The number of amides is 1. The zero-order valence-electron chi connectivity index (χ0n) is 11.5. The fourth-order valence-corrected chi connectivity index (χ4v) is 1.93. The van der Waals surface area contributed by atoms with Crippen LogP contribution in [0.3, 0.4) is 0 Å². The Morgan fingerprint density at radius 1 is 1.26 bits per heavy atom. The van der Waals surface area contributed by atoms with Crippen LogP contribution in [0.15, 0.2) is 18.2 Å². The Balaban J connectivity index is 2.55. The Morgan fingerprint density at radius 3 is 2.26 bits per heavy atom. The van der Waals surface area contributed by atoms with Crippen LogP contribution in [0.4, 0.5) is 14.5 Å². The van der Waals surface area contributed by atoms with Crippen LogP contribution >= 0.6 is 0 Å². The number of nitrogens with one attached hydrogen (secondary N) is 1. The fourth-order valence-electron chi connectivity index (χ4n) is 1.93. The minimum absolute atomic E-state index is 0.0324. The molecule has 0 heterocycles. The summed E-state index contributed by atoms with van der Waals surface area (Å²) in [4.78, 5) is 11.7. The van der Waals surface area contributed by atoms with Gasteiger partial charge in [-0.2, -0.15) is 0 Å². The molecule has 0 aromatic heterocycles. The fraction of sp³-hybridized carbons (Fsp3) is 0.500. The SMILES string of the molecule is CC(C)(C)CC(N)CC(=O)Nc1cc(F)cc(F)c1. The molecule has 0 bridgehead atoms. The lowest BCUT2D eigenvalue weighted by molar-refractivity contribution is -0.116. The smallest absolute Gasteiger partial charge is 0.225 e. The summed E-state index contributed by atoms with van der Waals surface area (Å²) in [7, 11) is 0. The first-order chi connectivity index (χ1) is 8.65. The third-order valence-corrected chi connectivity index (χ3v) is 2.47. The monoisotopic (exact) mass is 270 g/mol. The summed E-state index contributed by atoms with van der Waals surface area (Å²) in [5.41, 5.74) is 6.00. The van der Waals surface area contributed by atoms with Crippen molar-refractivity contribution in [3.63, 3.8) is 0 Å². The van der Waals surface area contributed by atoms with Crippen molar-refractivity contribution in [2.75, 3.05) is 5.32 Å². The van der Waals surface area contributed by atoms with Crippen LogP contribution in [0.5, 0.6) is 0 Å². The highest BCUT2D eigenvalue weighted by atomic mass is 19.1. The maximum atomic E-state index is 12.9. The minimum atomic E-state index is -0.728. The molecule has 3 N–H and O–H groups in total. The lowest BCUT2D eigenvalue weighted by Crippen LogP contribution is -2.31. The van der Waals surface area contributed by atoms with Gasteiger partial charge in [0.25, 0.3) is 0 Å². The van der Waals surface area contributed by atoms with E-state index in [9.17, 15) is 13.6 Å². The molecule has 5 heteroatoms. The maximum absolute atomic E-state index is 12.9. The number of benzene rings is 1. The average Bonchev–Trinajstić information content (AvgIpc) is 2.10. The van der Waals surface area contributed by atoms with Gasteiger partial charge in [-0.05, 0) is 24.0 Å². The Bertz CT molecular complexity index is 435. The van der Waals surface area contributed by atoms with Gasteiger partial charge in [-0.1, -0.05) is 20.8 Å².